The van der Waals surface area contributed by atoms with Crippen LogP contribution in [0.1, 0.15) is 32.3 Å². The number of hydrogen-bond acceptors (Lipinski definition) is 4. The van der Waals surface area contributed by atoms with Crippen LogP contribution >= 0.6 is 11.3 Å². The van der Waals surface area contributed by atoms with Crippen molar-refractivity contribution in [3.63, 3.8) is 0 Å². The molecule has 1 aliphatic heterocycles. The van der Waals surface area contributed by atoms with Crippen molar-refractivity contribution < 1.29 is 13.2 Å². The minimum Gasteiger partial charge on any atom is -0.353 e. The van der Waals surface area contributed by atoms with E-state index in [0.717, 1.165) is 6.42 Å². The summed E-state index contributed by atoms with van der Waals surface area (Å²) in [5.74, 6) is 0.103. The molecule has 0 aliphatic carbocycles. The van der Waals surface area contributed by atoms with E-state index in [-0.39, 0.29) is 23.6 Å². The molecule has 0 unspecified atom stereocenters. The van der Waals surface area contributed by atoms with Gasteiger partial charge in [-0.1, -0.05) is 0 Å². The van der Waals surface area contributed by atoms with Crippen LogP contribution in [0.2, 0.25) is 0 Å². The molecule has 22 heavy (non-hydrogen) atoms. The lowest BCUT2D eigenvalue weighted by Gasteiger charge is -2.30. The molecule has 0 saturated carbocycles. The van der Waals surface area contributed by atoms with Crippen molar-refractivity contribution in [2.24, 2.45) is 5.92 Å². The Bertz CT molecular complexity index is 576. The predicted octanol–water partition coefficient (Wildman–Crippen LogP) is 1.86. The van der Waals surface area contributed by atoms with E-state index in [0.29, 0.717) is 25.9 Å². The van der Waals surface area contributed by atoms with E-state index in [1.54, 1.807) is 18.3 Å². The first-order chi connectivity index (χ1) is 10.4. The first kappa shape index (κ1) is 17.4. The molecule has 1 aromatic rings. The summed E-state index contributed by atoms with van der Waals surface area (Å²) in [6.07, 6.45) is 2.05. The van der Waals surface area contributed by atoms with Gasteiger partial charge in [-0.25, -0.2) is 12.7 Å². The van der Waals surface area contributed by atoms with Crippen LogP contribution in [0.25, 0.3) is 0 Å². The van der Waals surface area contributed by atoms with E-state index in [9.17, 15) is 13.2 Å². The molecule has 124 valence electrons. The highest BCUT2D eigenvalue weighted by Gasteiger charge is 2.30. The van der Waals surface area contributed by atoms with Gasteiger partial charge in [0.15, 0.2) is 0 Å². The summed E-state index contributed by atoms with van der Waals surface area (Å²) in [7, 11) is -3.12. The molecule has 0 bridgehead atoms. The maximum absolute atomic E-state index is 12.3. The smallest absolute Gasteiger partial charge is 0.223 e. The van der Waals surface area contributed by atoms with Crippen LogP contribution in [0.15, 0.2) is 16.8 Å². The molecular weight excluding hydrogens is 320 g/mol. The van der Waals surface area contributed by atoms with Crippen molar-refractivity contribution in [3.05, 3.63) is 22.4 Å². The Kier molecular flexibility index (Phi) is 6.00. The second-order valence-electron chi connectivity index (χ2n) is 5.82. The first-order valence-corrected chi connectivity index (χ1v) is 10.3. The summed E-state index contributed by atoms with van der Waals surface area (Å²) in [5.41, 5.74) is 1.24. The quantitative estimate of drug-likeness (QED) is 0.856. The summed E-state index contributed by atoms with van der Waals surface area (Å²) in [5, 5.41) is 7.18. The molecule has 1 aliphatic rings. The van der Waals surface area contributed by atoms with Crippen LogP contribution in [0, 0.1) is 5.92 Å². The van der Waals surface area contributed by atoms with Gasteiger partial charge in [0.25, 0.3) is 0 Å². The minimum absolute atomic E-state index is 0.0521. The molecule has 7 heteroatoms. The van der Waals surface area contributed by atoms with Gasteiger partial charge < -0.3 is 5.32 Å². The summed E-state index contributed by atoms with van der Waals surface area (Å²) in [4.78, 5) is 12.3. The third-order valence-corrected chi connectivity index (χ3v) is 6.71. The number of piperidine rings is 1. The normalized spacial score (nSPS) is 19.0. The molecule has 2 rings (SSSR count). The number of sulfonamides is 1. The number of hydrogen-bond donors (Lipinski definition) is 1. The Labute approximate surface area is 136 Å². The van der Waals surface area contributed by atoms with Crippen molar-refractivity contribution in [2.45, 2.75) is 39.2 Å². The number of carbonyl (C=O) groups is 1. The maximum atomic E-state index is 12.3. The van der Waals surface area contributed by atoms with Gasteiger partial charge in [-0.3, -0.25) is 4.79 Å². The third-order valence-electron chi connectivity index (χ3n) is 4.09. The van der Waals surface area contributed by atoms with Gasteiger partial charge in [-0.15, -0.1) is 0 Å². The van der Waals surface area contributed by atoms with Gasteiger partial charge in [0.1, 0.15) is 0 Å². The fourth-order valence-electron chi connectivity index (χ4n) is 2.75. The number of nitrogens with zero attached hydrogens (tertiary/aromatic N) is 1. The molecular formula is C15H24N2O3S2. The van der Waals surface area contributed by atoms with E-state index in [2.05, 4.69) is 16.8 Å². The molecule has 1 saturated heterocycles. The van der Waals surface area contributed by atoms with Crippen LogP contribution < -0.4 is 5.32 Å². The summed E-state index contributed by atoms with van der Waals surface area (Å²) < 4.78 is 25.1. The Morgan fingerprint density at radius 3 is 2.68 bits per heavy atom. The molecule has 1 atom stereocenters. The van der Waals surface area contributed by atoms with Crippen molar-refractivity contribution in [2.75, 3.05) is 18.8 Å². The van der Waals surface area contributed by atoms with E-state index in [1.807, 2.05) is 12.3 Å². The zero-order chi connectivity index (χ0) is 16.2. The number of thiophene rings is 1. The van der Waals surface area contributed by atoms with E-state index in [1.165, 1.54) is 9.87 Å². The highest BCUT2D eigenvalue weighted by Crippen LogP contribution is 2.20. The van der Waals surface area contributed by atoms with E-state index >= 15 is 0 Å². The van der Waals surface area contributed by atoms with Gasteiger partial charge in [-0.2, -0.15) is 11.3 Å². The fourth-order valence-corrected chi connectivity index (χ4v) is 4.57. The van der Waals surface area contributed by atoms with Gasteiger partial charge in [0.05, 0.1) is 5.75 Å². The summed E-state index contributed by atoms with van der Waals surface area (Å²) >= 11 is 1.66. The molecule has 5 nitrogen and oxygen atoms in total. The maximum Gasteiger partial charge on any atom is 0.223 e. The van der Waals surface area contributed by atoms with Gasteiger partial charge in [-0.05, 0) is 55.5 Å². The monoisotopic (exact) mass is 344 g/mol. The lowest BCUT2D eigenvalue weighted by atomic mass is 9.96. The lowest BCUT2D eigenvalue weighted by molar-refractivity contribution is -0.126. The predicted molar refractivity (Wildman–Crippen MR) is 89.4 cm³/mol. The average molecular weight is 345 g/mol. The SMILES string of the molecule is CCS(=O)(=O)N1CCC(C(=O)N[C@H](C)Cc2ccsc2)CC1. The van der Waals surface area contributed by atoms with Crippen molar-refractivity contribution in [3.8, 4) is 0 Å². The molecule has 1 N–H and O–H groups in total. The first-order valence-electron chi connectivity index (χ1n) is 7.71. The van der Waals surface area contributed by atoms with Crippen molar-refractivity contribution in [1.82, 2.24) is 9.62 Å². The number of carbonyl (C=O) groups excluding carboxylic acids is 1. The Hall–Kier alpha value is -0.920. The lowest BCUT2D eigenvalue weighted by Crippen LogP contribution is -2.45. The molecule has 1 aromatic heterocycles. The molecule has 0 radical (unpaired) electrons. The number of rotatable bonds is 6. The largest absolute Gasteiger partial charge is 0.353 e. The van der Waals surface area contributed by atoms with E-state index in [4.69, 9.17) is 0 Å². The Morgan fingerprint density at radius 1 is 1.45 bits per heavy atom. The minimum atomic E-state index is -3.12. The molecule has 2 heterocycles. The van der Waals surface area contributed by atoms with Crippen molar-refractivity contribution in [1.29, 1.82) is 0 Å². The topological polar surface area (TPSA) is 66.5 Å². The van der Waals surface area contributed by atoms with Gasteiger partial charge in [0, 0.05) is 25.0 Å². The zero-order valence-electron chi connectivity index (χ0n) is 13.1. The second-order valence-corrected chi connectivity index (χ2v) is 8.86. The van der Waals surface area contributed by atoms with Gasteiger partial charge in [0.2, 0.25) is 15.9 Å². The molecule has 0 aromatic carbocycles. The van der Waals surface area contributed by atoms with Crippen LogP contribution in [0.4, 0.5) is 0 Å². The van der Waals surface area contributed by atoms with Crippen LogP contribution in [-0.2, 0) is 21.2 Å². The summed E-state index contributed by atoms with van der Waals surface area (Å²) in [6, 6.07) is 2.17. The Morgan fingerprint density at radius 2 is 2.14 bits per heavy atom. The van der Waals surface area contributed by atoms with E-state index < -0.39 is 10.0 Å². The average Bonchev–Trinajstić information content (AvgIpc) is 3.00. The standard InChI is InChI=1S/C15H24N2O3S2/c1-3-22(19,20)17-7-4-14(5-8-17)15(18)16-12(2)10-13-6-9-21-11-13/h6,9,11-12,14H,3-5,7-8,10H2,1-2H3,(H,16,18)/t12-/m1/s1. The summed E-state index contributed by atoms with van der Waals surface area (Å²) in [6.45, 7) is 4.56. The molecule has 1 amide bonds. The number of nitrogens with one attached hydrogen (secondary N) is 1. The third kappa shape index (κ3) is 4.54. The molecule has 1 fully saturated rings. The van der Waals surface area contributed by atoms with Crippen LogP contribution in [-0.4, -0.2) is 43.5 Å². The fraction of sp³-hybridized carbons (Fsp3) is 0.667. The highest BCUT2D eigenvalue weighted by atomic mass is 32.2. The zero-order valence-corrected chi connectivity index (χ0v) is 14.8. The van der Waals surface area contributed by atoms with Crippen LogP contribution in [0.3, 0.4) is 0 Å². The molecule has 0 spiro atoms. The second kappa shape index (κ2) is 7.57. The van der Waals surface area contributed by atoms with Gasteiger partial charge >= 0.3 is 0 Å². The number of amides is 1. The van der Waals surface area contributed by atoms with Crippen molar-refractivity contribution >= 4 is 27.3 Å². The Balaban J connectivity index is 1.80. The highest BCUT2D eigenvalue weighted by molar-refractivity contribution is 7.89. The van der Waals surface area contributed by atoms with Crippen LogP contribution in [0.5, 0.6) is 0 Å².